The van der Waals surface area contributed by atoms with Crippen molar-refractivity contribution in [1.82, 2.24) is 9.97 Å². The lowest BCUT2D eigenvalue weighted by molar-refractivity contribution is 0.102. The molecule has 6 nitrogen and oxygen atoms in total. The first-order valence-electron chi connectivity index (χ1n) is 8.34. The highest BCUT2D eigenvalue weighted by Crippen LogP contribution is 2.18. The smallest absolute Gasteiger partial charge is 0.275 e. The number of nitrogens with zero attached hydrogens (tertiary/aromatic N) is 2. The number of aryl methyl sites for hydroxylation is 1. The molecule has 2 N–H and O–H groups in total. The molecule has 0 aliphatic rings. The molecule has 0 unspecified atom stereocenters. The van der Waals surface area contributed by atoms with E-state index in [-0.39, 0.29) is 11.6 Å². The Labute approximate surface area is 152 Å². The van der Waals surface area contributed by atoms with Crippen LogP contribution >= 0.6 is 0 Å². The summed E-state index contributed by atoms with van der Waals surface area (Å²) >= 11 is 0. The van der Waals surface area contributed by atoms with Crippen molar-refractivity contribution in [3.8, 4) is 5.75 Å². The number of hydrogen-bond donors (Lipinski definition) is 2. The van der Waals surface area contributed by atoms with Crippen LogP contribution in [-0.4, -0.2) is 22.5 Å². The maximum atomic E-state index is 12.2. The zero-order valence-corrected chi connectivity index (χ0v) is 14.7. The lowest BCUT2D eigenvalue weighted by Crippen LogP contribution is -2.14. The zero-order chi connectivity index (χ0) is 18.4. The largest absolute Gasteiger partial charge is 0.494 e. The second-order valence-corrected chi connectivity index (χ2v) is 5.69. The predicted molar refractivity (Wildman–Crippen MR) is 102 cm³/mol. The van der Waals surface area contributed by atoms with Crippen molar-refractivity contribution in [2.24, 2.45) is 0 Å². The van der Waals surface area contributed by atoms with E-state index in [1.54, 1.807) is 0 Å². The van der Waals surface area contributed by atoms with E-state index >= 15 is 0 Å². The molecule has 0 fully saturated rings. The van der Waals surface area contributed by atoms with Crippen molar-refractivity contribution < 1.29 is 9.53 Å². The van der Waals surface area contributed by atoms with E-state index < -0.39 is 0 Å². The van der Waals surface area contributed by atoms with Crippen LogP contribution < -0.4 is 15.4 Å². The Balaban J connectivity index is 1.63. The number of benzene rings is 2. The van der Waals surface area contributed by atoms with Crippen molar-refractivity contribution >= 4 is 23.1 Å². The maximum Gasteiger partial charge on any atom is 0.275 e. The molecule has 0 spiro atoms. The van der Waals surface area contributed by atoms with Crippen molar-refractivity contribution in [1.29, 1.82) is 0 Å². The third-order valence-corrected chi connectivity index (χ3v) is 3.60. The van der Waals surface area contributed by atoms with E-state index in [1.807, 2.05) is 62.4 Å². The number of amides is 1. The average molecular weight is 348 g/mol. The fourth-order valence-corrected chi connectivity index (χ4v) is 2.38. The SMILES string of the molecule is CCOc1ccc(Nc2cnc(C(=O)Nc3cccc(C)c3)cn2)cc1. The molecule has 132 valence electrons. The minimum atomic E-state index is -0.296. The monoisotopic (exact) mass is 348 g/mol. The molecule has 0 aliphatic heterocycles. The topological polar surface area (TPSA) is 76.1 Å². The van der Waals surface area contributed by atoms with E-state index in [1.165, 1.54) is 12.4 Å². The Morgan fingerprint density at radius 2 is 1.85 bits per heavy atom. The van der Waals surface area contributed by atoms with Crippen LogP contribution in [0.2, 0.25) is 0 Å². The third kappa shape index (κ3) is 4.57. The fraction of sp³-hybridized carbons (Fsp3) is 0.150. The molecule has 6 heteroatoms. The lowest BCUT2D eigenvalue weighted by atomic mass is 10.2. The summed E-state index contributed by atoms with van der Waals surface area (Å²) < 4.78 is 5.41. The van der Waals surface area contributed by atoms with Gasteiger partial charge in [0.1, 0.15) is 17.3 Å². The van der Waals surface area contributed by atoms with Gasteiger partial charge < -0.3 is 15.4 Å². The Morgan fingerprint density at radius 3 is 2.50 bits per heavy atom. The molecule has 0 bridgehead atoms. The van der Waals surface area contributed by atoms with Gasteiger partial charge in [-0.15, -0.1) is 0 Å². The molecular formula is C20H20N4O2. The highest BCUT2D eigenvalue weighted by atomic mass is 16.5. The van der Waals surface area contributed by atoms with Gasteiger partial charge in [0.2, 0.25) is 0 Å². The molecular weight excluding hydrogens is 328 g/mol. The van der Waals surface area contributed by atoms with Gasteiger partial charge in [0.25, 0.3) is 5.91 Å². The summed E-state index contributed by atoms with van der Waals surface area (Å²) in [4.78, 5) is 20.7. The van der Waals surface area contributed by atoms with Gasteiger partial charge in [-0.1, -0.05) is 12.1 Å². The first-order chi connectivity index (χ1) is 12.6. The van der Waals surface area contributed by atoms with E-state index in [0.29, 0.717) is 12.4 Å². The molecule has 0 saturated heterocycles. The first kappa shape index (κ1) is 17.4. The summed E-state index contributed by atoms with van der Waals surface area (Å²) in [6, 6.07) is 15.1. The number of rotatable bonds is 6. The number of carbonyl (C=O) groups excluding carboxylic acids is 1. The molecule has 3 rings (SSSR count). The summed E-state index contributed by atoms with van der Waals surface area (Å²) in [6.07, 6.45) is 2.98. The highest BCUT2D eigenvalue weighted by molar-refractivity contribution is 6.02. The number of hydrogen-bond acceptors (Lipinski definition) is 5. The molecule has 0 saturated carbocycles. The van der Waals surface area contributed by atoms with Gasteiger partial charge in [-0.3, -0.25) is 4.79 Å². The van der Waals surface area contributed by atoms with Gasteiger partial charge in [0.15, 0.2) is 0 Å². The van der Waals surface area contributed by atoms with Crippen molar-refractivity contribution in [3.63, 3.8) is 0 Å². The molecule has 1 amide bonds. The van der Waals surface area contributed by atoms with Crippen LogP contribution in [0.3, 0.4) is 0 Å². The number of carbonyl (C=O) groups is 1. The van der Waals surface area contributed by atoms with Crippen LogP contribution in [-0.2, 0) is 0 Å². The average Bonchev–Trinajstić information content (AvgIpc) is 2.64. The fourth-order valence-electron chi connectivity index (χ4n) is 2.38. The van der Waals surface area contributed by atoms with Crippen molar-refractivity contribution in [2.75, 3.05) is 17.2 Å². The second kappa shape index (κ2) is 8.11. The van der Waals surface area contributed by atoms with E-state index in [2.05, 4.69) is 20.6 Å². The third-order valence-electron chi connectivity index (χ3n) is 3.60. The van der Waals surface area contributed by atoms with Gasteiger partial charge in [0, 0.05) is 11.4 Å². The molecule has 1 aromatic heterocycles. The lowest BCUT2D eigenvalue weighted by Gasteiger charge is -2.08. The van der Waals surface area contributed by atoms with E-state index in [0.717, 1.165) is 22.7 Å². The van der Waals surface area contributed by atoms with Gasteiger partial charge in [-0.25, -0.2) is 9.97 Å². The number of nitrogens with one attached hydrogen (secondary N) is 2. The van der Waals surface area contributed by atoms with Crippen LogP contribution in [0.5, 0.6) is 5.75 Å². The van der Waals surface area contributed by atoms with Crippen LogP contribution in [0.4, 0.5) is 17.2 Å². The van der Waals surface area contributed by atoms with Crippen LogP contribution in [0, 0.1) is 6.92 Å². The summed E-state index contributed by atoms with van der Waals surface area (Å²) in [6.45, 7) is 4.54. The number of anilines is 3. The summed E-state index contributed by atoms with van der Waals surface area (Å²) in [5.41, 5.74) is 2.92. The minimum absolute atomic E-state index is 0.253. The summed E-state index contributed by atoms with van der Waals surface area (Å²) in [7, 11) is 0. The Bertz CT molecular complexity index is 877. The van der Waals surface area contributed by atoms with Crippen molar-refractivity contribution in [3.05, 3.63) is 72.2 Å². The summed E-state index contributed by atoms with van der Waals surface area (Å²) in [5.74, 6) is 1.07. The molecule has 2 aromatic carbocycles. The van der Waals surface area contributed by atoms with Crippen LogP contribution in [0.15, 0.2) is 60.9 Å². The Hall–Kier alpha value is -3.41. The van der Waals surface area contributed by atoms with Crippen molar-refractivity contribution in [2.45, 2.75) is 13.8 Å². The molecule has 3 aromatic rings. The summed E-state index contributed by atoms with van der Waals surface area (Å²) in [5, 5.41) is 5.95. The predicted octanol–water partition coefficient (Wildman–Crippen LogP) is 4.18. The maximum absolute atomic E-state index is 12.2. The molecule has 26 heavy (non-hydrogen) atoms. The first-order valence-corrected chi connectivity index (χ1v) is 8.34. The second-order valence-electron chi connectivity index (χ2n) is 5.69. The van der Waals surface area contributed by atoms with Gasteiger partial charge in [0.05, 0.1) is 19.0 Å². The molecule has 0 aliphatic carbocycles. The molecule has 0 radical (unpaired) electrons. The molecule has 1 heterocycles. The Morgan fingerprint density at radius 1 is 1.04 bits per heavy atom. The number of ether oxygens (including phenoxy) is 1. The normalized spacial score (nSPS) is 10.2. The van der Waals surface area contributed by atoms with Gasteiger partial charge >= 0.3 is 0 Å². The van der Waals surface area contributed by atoms with Gasteiger partial charge in [-0.05, 0) is 55.8 Å². The van der Waals surface area contributed by atoms with Crippen LogP contribution in [0.25, 0.3) is 0 Å². The quantitative estimate of drug-likeness (QED) is 0.699. The number of aromatic nitrogens is 2. The zero-order valence-electron chi connectivity index (χ0n) is 14.7. The molecule has 0 atom stereocenters. The minimum Gasteiger partial charge on any atom is -0.494 e. The Kier molecular flexibility index (Phi) is 5.43. The standard InChI is InChI=1S/C20H20N4O2/c1-3-26-17-9-7-15(8-10-17)23-19-13-21-18(12-22-19)20(25)24-16-6-4-5-14(2)11-16/h4-13H,3H2,1-2H3,(H,22,23)(H,24,25). The van der Waals surface area contributed by atoms with Gasteiger partial charge in [-0.2, -0.15) is 0 Å². The van der Waals surface area contributed by atoms with E-state index in [9.17, 15) is 4.79 Å². The van der Waals surface area contributed by atoms with Crippen LogP contribution in [0.1, 0.15) is 23.0 Å². The van der Waals surface area contributed by atoms with E-state index in [4.69, 9.17) is 4.74 Å². The highest BCUT2D eigenvalue weighted by Gasteiger charge is 2.09.